The van der Waals surface area contributed by atoms with Crippen LogP contribution < -0.4 is 10.6 Å². The van der Waals surface area contributed by atoms with Gasteiger partial charge in [-0.3, -0.25) is 4.68 Å². The fourth-order valence-electron chi connectivity index (χ4n) is 1.53. The van der Waals surface area contributed by atoms with Crippen molar-refractivity contribution in [2.75, 3.05) is 0 Å². The van der Waals surface area contributed by atoms with Crippen molar-refractivity contribution >= 4 is 12.0 Å². The maximum atomic E-state index is 11.6. The molecule has 8 nitrogen and oxygen atoms in total. The minimum Gasteiger partial charge on any atom is -0.480 e. The summed E-state index contributed by atoms with van der Waals surface area (Å²) in [5.41, 5.74) is 0. The SMILES string of the molecule is CC(C)C[C@@H](NC(=O)NCc1ncn(C)n1)C(=O)O. The molecule has 0 aromatic carbocycles. The lowest BCUT2D eigenvalue weighted by molar-refractivity contribution is -0.139. The highest BCUT2D eigenvalue weighted by atomic mass is 16.4. The molecule has 1 aromatic heterocycles. The third-order valence-corrected chi connectivity index (χ3v) is 2.36. The third kappa shape index (κ3) is 5.36. The van der Waals surface area contributed by atoms with Crippen molar-refractivity contribution in [2.45, 2.75) is 32.9 Å². The molecule has 2 amide bonds. The number of nitrogens with zero attached hydrogens (tertiary/aromatic N) is 3. The highest BCUT2D eigenvalue weighted by Crippen LogP contribution is 2.04. The van der Waals surface area contributed by atoms with Gasteiger partial charge in [-0.15, -0.1) is 0 Å². The second kappa shape index (κ2) is 6.72. The number of carboxylic acid groups (broad SMARTS) is 1. The van der Waals surface area contributed by atoms with E-state index in [9.17, 15) is 9.59 Å². The van der Waals surface area contributed by atoms with Crippen LogP contribution in [-0.2, 0) is 18.4 Å². The van der Waals surface area contributed by atoms with Crippen LogP contribution >= 0.6 is 0 Å². The second-order valence-electron chi connectivity index (χ2n) is 4.68. The van der Waals surface area contributed by atoms with Gasteiger partial charge in [0.15, 0.2) is 5.82 Å². The Bertz CT molecular complexity index is 443. The smallest absolute Gasteiger partial charge is 0.326 e. The molecule has 8 heteroatoms. The normalized spacial score (nSPS) is 12.2. The number of nitrogens with one attached hydrogen (secondary N) is 2. The summed E-state index contributed by atoms with van der Waals surface area (Å²) in [6.07, 6.45) is 1.90. The Kier molecular flexibility index (Phi) is 5.28. The van der Waals surface area contributed by atoms with Gasteiger partial charge in [-0.2, -0.15) is 5.10 Å². The first-order chi connectivity index (χ1) is 8.88. The van der Waals surface area contributed by atoms with Gasteiger partial charge in [-0.1, -0.05) is 13.8 Å². The first-order valence-electron chi connectivity index (χ1n) is 6.00. The monoisotopic (exact) mass is 269 g/mol. The van der Waals surface area contributed by atoms with E-state index in [0.717, 1.165) is 0 Å². The van der Waals surface area contributed by atoms with Gasteiger partial charge in [-0.05, 0) is 12.3 Å². The lowest BCUT2D eigenvalue weighted by Crippen LogP contribution is -2.46. The molecule has 106 valence electrons. The molecule has 0 aliphatic rings. The van der Waals surface area contributed by atoms with Crippen LogP contribution in [0.5, 0.6) is 0 Å². The van der Waals surface area contributed by atoms with Gasteiger partial charge >= 0.3 is 12.0 Å². The Hall–Kier alpha value is -2.12. The Balaban J connectivity index is 2.42. The fraction of sp³-hybridized carbons (Fsp3) is 0.636. The van der Waals surface area contributed by atoms with E-state index >= 15 is 0 Å². The molecule has 0 unspecified atom stereocenters. The summed E-state index contributed by atoms with van der Waals surface area (Å²) in [4.78, 5) is 26.5. The molecule has 0 spiro atoms. The lowest BCUT2D eigenvalue weighted by atomic mass is 10.0. The van der Waals surface area contributed by atoms with Gasteiger partial charge in [0.25, 0.3) is 0 Å². The van der Waals surface area contributed by atoms with Crippen molar-refractivity contribution < 1.29 is 14.7 Å². The number of aromatic nitrogens is 3. The molecule has 0 aliphatic carbocycles. The predicted octanol–water partition coefficient (Wildman–Crippen LogP) is 0.114. The minimum atomic E-state index is -1.04. The third-order valence-electron chi connectivity index (χ3n) is 2.36. The summed E-state index contributed by atoms with van der Waals surface area (Å²) < 4.78 is 1.52. The average Bonchev–Trinajstić information content (AvgIpc) is 2.71. The van der Waals surface area contributed by atoms with E-state index in [1.54, 1.807) is 7.05 Å². The Morgan fingerprint density at radius 3 is 2.63 bits per heavy atom. The van der Waals surface area contributed by atoms with Gasteiger partial charge < -0.3 is 15.7 Å². The van der Waals surface area contributed by atoms with Crippen LogP contribution in [-0.4, -0.2) is 37.9 Å². The Morgan fingerprint density at radius 1 is 1.47 bits per heavy atom. The van der Waals surface area contributed by atoms with E-state index < -0.39 is 18.0 Å². The van der Waals surface area contributed by atoms with Crippen molar-refractivity contribution in [3.8, 4) is 0 Å². The number of amides is 2. The summed E-state index contributed by atoms with van der Waals surface area (Å²) in [6, 6.07) is -1.43. The fourth-order valence-corrected chi connectivity index (χ4v) is 1.53. The second-order valence-corrected chi connectivity index (χ2v) is 4.68. The van der Waals surface area contributed by atoms with Crippen LogP contribution in [0.25, 0.3) is 0 Å². The molecule has 1 atom stereocenters. The number of aliphatic carboxylic acids is 1. The molecular weight excluding hydrogens is 250 g/mol. The molecule has 0 saturated heterocycles. The Labute approximate surface area is 111 Å². The first-order valence-corrected chi connectivity index (χ1v) is 6.00. The van der Waals surface area contributed by atoms with E-state index in [1.807, 2.05) is 13.8 Å². The molecule has 0 saturated carbocycles. The number of carbonyl (C=O) groups excluding carboxylic acids is 1. The van der Waals surface area contributed by atoms with Crippen LogP contribution in [0.2, 0.25) is 0 Å². The summed E-state index contributed by atoms with van der Waals surface area (Å²) >= 11 is 0. The number of carbonyl (C=O) groups is 2. The molecule has 1 heterocycles. The van der Waals surface area contributed by atoms with Crippen molar-refractivity contribution in [3.05, 3.63) is 12.2 Å². The van der Waals surface area contributed by atoms with Gasteiger partial charge in [-0.25, -0.2) is 14.6 Å². The average molecular weight is 269 g/mol. The number of urea groups is 1. The van der Waals surface area contributed by atoms with Crippen molar-refractivity contribution in [1.82, 2.24) is 25.4 Å². The van der Waals surface area contributed by atoms with Crippen molar-refractivity contribution in [3.63, 3.8) is 0 Å². The molecule has 3 N–H and O–H groups in total. The number of aryl methyl sites for hydroxylation is 1. The predicted molar refractivity (Wildman–Crippen MR) is 67.3 cm³/mol. The maximum absolute atomic E-state index is 11.6. The lowest BCUT2D eigenvalue weighted by Gasteiger charge is -2.16. The zero-order valence-electron chi connectivity index (χ0n) is 11.3. The molecule has 0 bridgehead atoms. The van der Waals surface area contributed by atoms with Crippen LogP contribution in [0.3, 0.4) is 0 Å². The molecule has 19 heavy (non-hydrogen) atoms. The molecule has 1 aromatic rings. The highest BCUT2D eigenvalue weighted by Gasteiger charge is 2.20. The van der Waals surface area contributed by atoms with Crippen molar-refractivity contribution in [1.29, 1.82) is 0 Å². The Morgan fingerprint density at radius 2 is 2.16 bits per heavy atom. The van der Waals surface area contributed by atoms with E-state index in [2.05, 4.69) is 20.7 Å². The molecule has 0 fully saturated rings. The summed E-state index contributed by atoms with van der Waals surface area (Å²) in [5, 5.41) is 17.9. The maximum Gasteiger partial charge on any atom is 0.326 e. The molecular formula is C11H19N5O3. The number of carboxylic acids is 1. The number of rotatable bonds is 6. The quantitative estimate of drug-likeness (QED) is 0.679. The standard InChI is InChI=1S/C11H19N5O3/c1-7(2)4-8(10(17)18)14-11(19)12-5-9-13-6-16(3)15-9/h6-8H,4-5H2,1-3H3,(H,17,18)(H2,12,14,19)/t8-/m1/s1. The van der Waals surface area contributed by atoms with Crippen molar-refractivity contribution in [2.24, 2.45) is 13.0 Å². The minimum absolute atomic E-state index is 0.153. The van der Waals surface area contributed by atoms with E-state index in [-0.39, 0.29) is 12.5 Å². The highest BCUT2D eigenvalue weighted by molar-refractivity contribution is 5.82. The van der Waals surface area contributed by atoms with Crippen LogP contribution in [0.15, 0.2) is 6.33 Å². The topological polar surface area (TPSA) is 109 Å². The van der Waals surface area contributed by atoms with Gasteiger partial charge in [0.05, 0.1) is 6.54 Å². The van der Waals surface area contributed by atoms with Crippen LogP contribution in [0.1, 0.15) is 26.1 Å². The number of hydrogen-bond acceptors (Lipinski definition) is 4. The largest absolute Gasteiger partial charge is 0.480 e. The zero-order chi connectivity index (χ0) is 14.4. The van der Waals surface area contributed by atoms with Gasteiger partial charge in [0.2, 0.25) is 0 Å². The summed E-state index contributed by atoms with van der Waals surface area (Å²) in [7, 11) is 1.72. The van der Waals surface area contributed by atoms with E-state index in [0.29, 0.717) is 12.2 Å². The zero-order valence-corrected chi connectivity index (χ0v) is 11.3. The number of hydrogen-bond donors (Lipinski definition) is 3. The van der Waals surface area contributed by atoms with Gasteiger partial charge in [0, 0.05) is 7.05 Å². The molecule has 1 rings (SSSR count). The van der Waals surface area contributed by atoms with E-state index in [1.165, 1.54) is 11.0 Å². The molecule has 0 radical (unpaired) electrons. The van der Waals surface area contributed by atoms with Crippen LogP contribution in [0, 0.1) is 5.92 Å². The first kappa shape index (κ1) is 14.9. The van der Waals surface area contributed by atoms with E-state index in [4.69, 9.17) is 5.11 Å². The summed E-state index contributed by atoms with van der Waals surface area (Å²) in [5.74, 6) is -0.396. The van der Waals surface area contributed by atoms with Gasteiger partial charge in [0.1, 0.15) is 12.4 Å². The molecule has 0 aliphatic heterocycles. The summed E-state index contributed by atoms with van der Waals surface area (Å²) in [6.45, 7) is 3.95. The van der Waals surface area contributed by atoms with Crippen LogP contribution in [0.4, 0.5) is 4.79 Å².